The zero-order valence-corrected chi connectivity index (χ0v) is 22.5. The Morgan fingerprint density at radius 1 is 0.865 bits per heavy atom. The van der Waals surface area contributed by atoms with E-state index >= 15 is 0 Å². The average Bonchev–Trinajstić information content (AvgIpc) is 3.23. The molecule has 1 aromatic heterocycles. The second-order valence-electron chi connectivity index (χ2n) is 11.0. The molecular weight excluding hydrogens is 482 g/mol. The molecule has 0 amide bonds. The van der Waals surface area contributed by atoms with E-state index in [4.69, 9.17) is 16.3 Å². The minimum Gasteiger partial charge on any atom is -0.429 e. The molecule has 6 heteroatoms. The molecule has 0 spiro atoms. The molecule has 1 aliphatic carbocycles. The van der Waals surface area contributed by atoms with Gasteiger partial charge in [-0.3, -0.25) is 4.79 Å². The summed E-state index contributed by atoms with van der Waals surface area (Å²) in [5.74, 6) is 1.16. The van der Waals surface area contributed by atoms with Gasteiger partial charge in [0.1, 0.15) is 5.75 Å². The number of nitrogens with zero attached hydrogens (tertiary/aromatic N) is 3. The number of ether oxygens (including phenoxy) is 1. The molecule has 1 saturated carbocycles. The van der Waals surface area contributed by atoms with Gasteiger partial charge >= 0.3 is 0 Å². The Bertz CT molecular complexity index is 1260. The maximum absolute atomic E-state index is 11.1. The number of carbonyl (C=O) groups is 1. The number of halogens is 1. The Morgan fingerprint density at radius 3 is 2.49 bits per heavy atom. The van der Waals surface area contributed by atoms with Gasteiger partial charge < -0.3 is 19.1 Å². The van der Waals surface area contributed by atoms with E-state index in [1.165, 1.54) is 97.9 Å². The van der Waals surface area contributed by atoms with Crippen molar-refractivity contribution in [3.8, 4) is 17.0 Å². The lowest BCUT2D eigenvalue weighted by Crippen LogP contribution is -2.39. The summed E-state index contributed by atoms with van der Waals surface area (Å²) >= 11 is 6.64. The number of rotatable bonds is 6. The number of aryl methyl sites for hydroxylation is 1. The highest BCUT2D eigenvalue weighted by Gasteiger charge is 2.30. The minimum absolute atomic E-state index is 0.526. The number of hydrogen-bond donors (Lipinski definition) is 0. The fourth-order valence-corrected chi connectivity index (χ4v) is 7.16. The van der Waals surface area contributed by atoms with Crippen LogP contribution < -0.4 is 9.64 Å². The highest BCUT2D eigenvalue weighted by molar-refractivity contribution is 6.31. The van der Waals surface area contributed by atoms with Gasteiger partial charge in [-0.25, -0.2) is 0 Å². The quantitative estimate of drug-likeness (QED) is 0.322. The van der Waals surface area contributed by atoms with Gasteiger partial charge in [0, 0.05) is 53.9 Å². The molecule has 3 aromatic rings. The molecule has 5 nitrogen and oxygen atoms in total. The molecular formula is C31H38ClN3O2. The van der Waals surface area contributed by atoms with Gasteiger partial charge in [0.25, 0.3) is 6.47 Å². The predicted molar refractivity (Wildman–Crippen MR) is 152 cm³/mol. The van der Waals surface area contributed by atoms with Crippen molar-refractivity contribution in [3.63, 3.8) is 0 Å². The van der Waals surface area contributed by atoms with Crippen molar-refractivity contribution in [3.05, 3.63) is 47.0 Å². The lowest BCUT2D eigenvalue weighted by atomic mass is 9.81. The van der Waals surface area contributed by atoms with Gasteiger partial charge in [0.15, 0.2) is 0 Å². The number of fused-ring (bicyclic) bond motifs is 5. The lowest BCUT2D eigenvalue weighted by molar-refractivity contribution is -0.120. The molecule has 0 atom stereocenters. The van der Waals surface area contributed by atoms with Crippen molar-refractivity contribution < 1.29 is 9.53 Å². The number of hydrogen-bond acceptors (Lipinski definition) is 4. The first-order valence-corrected chi connectivity index (χ1v) is 14.6. The first-order valence-electron chi connectivity index (χ1n) is 14.3. The Hall–Kier alpha value is -2.50. The summed E-state index contributed by atoms with van der Waals surface area (Å²) in [6, 6.07) is 12.7. The Labute approximate surface area is 225 Å². The second-order valence-corrected chi connectivity index (χ2v) is 11.5. The zero-order valence-electron chi connectivity index (χ0n) is 21.8. The van der Waals surface area contributed by atoms with Crippen molar-refractivity contribution in [1.29, 1.82) is 0 Å². The van der Waals surface area contributed by atoms with Crippen LogP contribution in [0.1, 0.15) is 69.3 Å². The molecule has 6 rings (SSSR count). The van der Waals surface area contributed by atoms with E-state index in [1.807, 2.05) is 6.07 Å². The summed E-state index contributed by atoms with van der Waals surface area (Å²) in [5, 5.41) is 2.11. The SMILES string of the molecule is O=COc1ccc2c(C3CCCCC3)c3n(c2c1)CCCN(CCN1CCCCC1)c1cc(Cl)ccc1-3. The third-order valence-electron chi connectivity index (χ3n) is 8.77. The number of likely N-dealkylation sites (tertiary alicyclic amines) is 1. The predicted octanol–water partition coefficient (Wildman–Crippen LogP) is 7.24. The van der Waals surface area contributed by atoms with Crippen LogP contribution in [-0.2, 0) is 11.3 Å². The molecule has 196 valence electrons. The van der Waals surface area contributed by atoms with E-state index in [2.05, 4.69) is 44.7 Å². The number of piperidine rings is 1. The van der Waals surface area contributed by atoms with Crippen LogP contribution in [-0.4, -0.2) is 48.7 Å². The molecule has 0 radical (unpaired) electrons. The van der Waals surface area contributed by atoms with E-state index in [9.17, 15) is 4.79 Å². The Morgan fingerprint density at radius 2 is 1.68 bits per heavy atom. The van der Waals surface area contributed by atoms with E-state index in [0.29, 0.717) is 18.1 Å². The molecule has 3 heterocycles. The van der Waals surface area contributed by atoms with Crippen molar-refractivity contribution in [1.82, 2.24) is 9.47 Å². The lowest BCUT2D eigenvalue weighted by Gasteiger charge is -2.34. The molecule has 1 saturated heterocycles. The summed E-state index contributed by atoms with van der Waals surface area (Å²) in [6.45, 7) is 7.07. The van der Waals surface area contributed by atoms with Crippen molar-refractivity contribution in [2.75, 3.05) is 37.6 Å². The van der Waals surface area contributed by atoms with Gasteiger partial charge in [-0.15, -0.1) is 0 Å². The first-order chi connectivity index (χ1) is 18.2. The maximum Gasteiger partial charge on any atom is 0.298 e. The highest BCUT2D eigenvalue weighted by Crippen LogP contribution is 2.48. The molecule has 0 bridgehead atoms. The number of benzene rings is 2. The summed E-state index contributed by atoms with van der Waals surface area (Å²) in [5.41, 5.74) is 6.55. The number of anilines is 1. The topological polar surface area (TPSA) is 37.7 Å². The number of carbonyl (C=O) groups excluding carboxylic acids is 1. The Balaban J connectivity index is 1.48. The molecule has 2 fully saturated rings. The van der Waals surface area contributed by atoms with E-state index < -0.39 is 0 Å². The summed E-state index contributed by atoms with van der Waals surface area (Å²) in [4.78, 5) is 16.3. The first kappa shape index (κ1) is 24.8. The molecule has 37 heavy (non-hydrogen) atoms. The third-order valence-corrected chi connectivity index (χ3v) is 9.01. The van der Waals surface area contributed by atoms with Gasteiger partial charge in [-0.2, -0.15) is 0 Å². The highest BCUT2D eigenvalue weighted by atomic mass is 35.5. The number of aromatic nitrogens is 1. The van der Waals surface area contributed by atoms with Crippen molar-refractivity contribution >= 4 is 34.7 Å². The minimum atomic E-state index is 0.526. The Kier molecular flexibility index (Phi) is 7.43. The van der Waals surface area contributed by atoms with Crippen LogP contribution in [0, 0.1) is 0 Å². The summed E-state index contributed by atoms with van der Waals surface area (Å²) < 4.78 is 7.79. The molecule has 0 unspecified atom stereocenters. The maximum atomic E-state index is 11.1. The molecule has 0 N–H and O–H groups in total. The van der Waals surface area contributed by atoms with Crippen LogP contribution in [0.5, 0.6) is 5.75 Å². The normalized spacial score (nSPS) is 19.2. The fraction of sp³-hybridized carbons (Fsp3) is 0.516. The second kappa shape index (κ2) is 11.1. The summed E-state index contributed by atoms with van der Waals surface area (Å²) in [6.07, 6.45) is 11.5. The standard InChI is InChI=1S/C31H38ClN3O2/c32-24-10-12-27-28(20-24)34(19-18-33-14-5-2-6-15-33)16-7-17-35-29-21-25(37-22-36)11-13-26(29)30(31(27)35)23-8-3-1-4-9-23/h10-13,20-23H,1-9,14-19H2. The van der Waals surface area contributed by atoms with Crippen molar-refractivity contribution in [2.24, 2.45) is 0 Å². The molecule has 3 aliphatic rings. The third kappa shape index (κ3) is 5.00. The van der Waals surface area contributed by atoms with Crippen molar-refractivity contribution in [2.45, 2.75) is 70.3 Å². The van der Waals surface area contributed by atoms with E-state index in [0.717, 1.165) is 37.6 Å². The van der Waals surface area contributed by atoms with Crippen LogP contribution in [0.15, 0.2) is 36.4 Å². The summed E-state index contributed by atoms with van der Waals surface area (Å²) in [7, 11) is 0. The zero-order chi connectivity index (χ0) is 25.2. The average molecular weight is 520 g/mol. The largest absolute Gasteiger partial charge is 0.429 e. The van der Waals surface area contributed by atoms with Crippen LogP contribution in [0.4, 0.5) is 5.69 Å². The van der Waals surface area contributed by atoms with Gasteiger partial charge in [-0.05, 0) is 87.0 Å². The van der Waals surface area contributed by atoms with Crippen LogP contribution in [0.25, 0.3) is 22.2 Å². The van der Waals surface area contributed by atoms with Crippen LogP contribution >= 0.6 is 11.6 Å². The molecule has 2 aromatic carbocycles. The van der Waals surface area contributed by atoms with Gasteiger partial charge in [-0.1, -0.05) is 37.3 Å². The monoisotopic (exact) mass is 519 g/mol. The molecule has 2 aliphatic heterocycles. The smallest absolute Gasteiger partial charge is 0.298 e. The van der Waals surface area contributed by atoms with Crippen LogP contribution in [0.2, 0.25) is 5.02 Å². The van der Waals surface area contributed by atoms with Gasteiger partial charge in [0.2, 0.25) is 0 Å². The van der Waals surface area contributed by atoms with Gasteiger partial charge in [0.05, 0.1) is 11.2 Å². The van der Waals surface area contributed by atoms with E-state index in [1.54, 1.807) is 0 Å². The van der Waals surface area contributed by atoms with Crippen LogP contribution in [0.3, 0.4) is 0 Å². The fourth-order valence-electron chi connectivity index (χ4n) is 7.00. The van der Waals surface area contributed by atoms with E-state index in [-0.39, 0.29) is 0 Å².